The topological polar surface area (TPSA) is 78.9 Å². The van der Waals surface area contributed by atoms with Gasteiger partial charge in [0.05, 0.1) is 6.61 Å². The molecule has 0 aliphatic rings. The fraction of sp³-hybridized carbons (Fsp3) is 1.00. The van der Waals surface area contributed by atoms with Crippen LogP contribution >= 0.6 is 0 Å². The van der Waals surface area contributed by atoms with Gasteiger partial charge in [0.15, 0.2) is 0 Å². The molecule has 0 bridgehead atoms. The van der Waals surface area contributed by atoms with Gasteiger partial charge in [0.2, 0.25) is 0 Å². The van der Waals surface area contributed by atoms with E-state index >= 15 is 0 Å². The first-order valence-electron chi connectivity index (χ1n) is 12.8. The smallest absolute Gasteiger partial charge is 0.315 e. The van der Waals surface area contributed by atoms with Crippen LogP contribution in [0.4, 0.5) is 0 Å². The number of nitrogens with zero attached hydrogens (tertiary/aromatic N) is 1. The zero-order valence-electron chi connectivity index (χ0n) is 21.2. The van der Waals surface area contributed by atoms with Crippen LogP contribution in [0.5, 0.6) is 0 Å². The second-order valence-electron chi connectivity index (χ2n) is 8.69. The van der Waals surface area contributed by atoms with Crippen molar-refractivity contribution in [2.45, 2.75) is 117 Å². The minimum absolute atomic E-state index is 0.0289. The predicted molar refractivity (Wildman–Crippen MR) is 134 cm³/mol. The minimum atomic E-state index is -4.17. The van der Waals surface area contributed by atoms with Gasteiger partial charge in [0, 0.05) is 13.1 Å². The molecule has 0 aromatic heterocycles. The van der Waals surface area contributed by atoms with Crippen molar-refractivity contribution < 1.29 is 17.2 Å². The standard InChI is InChI=1S/C22H48N2.C2H6O4S/c1-4-5-6-7-8-9-10-11-12-13-14-15-16-17-18-19-20-23-21-22-24(2)3;1-2-6-7(3,4)5/h23H,4-22H2,1-3H3;2H2,1H3,(H,3,4,5). The van der Waals surface area contributed by atoms with Crippen LogP contribution in [0.2, 0.25) is 0 Å². The van der Waals surface area contributed by atoms with Crippen molar-refractivity contribution >= 4 is 10.4 Å². The Bertz CT molecular complexity index is 431. The first-order valence-corrected chi connectivity index (χ1v) is 14.2. The molecule has 6 nitrogen and oxygen atoms in total. The first-order chi connectivity index (χ1) is 14.8. The Hall–Kier alpha value is -0.210. The molecule has 0 atom stereocenters. The zero-order valence-corrected chi connectivity index (χ0v) is 22.0. The molecule has 0 aliphatic carbocycles. The molecule has 0 saturated carbocycles. The van der Waals surface area contributed by atoms with E-state index in [4.69, 9.17) is 4.55 Å². The average Bonchev–Trinajstić information content (AvgIpc) is 2.69. The van der Waals surface area contributed by atoms with Crippen LogP contribution in [0.3, 0.4) is 0 Å². The number of hydrogen-bond acceptors (Lipinski definition) is 5. The molecule has 0 aliphatic heterocycles. The molecular weight excluding hydrogens is 412 g/mol. The third kappa shape index (κ3) is 37.4. The molecule has 0 spiro atoms. The van der Waals surface area contributed by atoms with E-state index in [9.17, 15) is 8.42 Å². The maximum atomic E-state index is 9.56. The normalized spacial score (nSPS) is 11.5. The molecule has 0 amide bonds. The number of rotatable bonds is 22. The average molecular weight is 467 g/mol. The van der Waals surface area contributed by atoms with Crippen molar-refractivity contribution in [2.24, 2.45) is 0 Å². The second kappa shape index (κ2) is 26.0. The molecule has 0 radical (unpaired) electrons. The molecular formula is C24H54N2O4S. The van der Waals surface area contributed by atoms with Crippen LogP contribution in [-0.4, -0.2) is 58.2 Å². The quantitative estimate of drug-likeness (QED) is 0.145. The summed E-state index contributed by atoms with van der Waals surface area (Å²) < 4.78 is 30.7. The fourth-order valence-corrected chi connectivity index (χ4v) is 3.67. The summed E-state index contributed by atoms with van der Waals surface area (Å²) in [5.74, 6) is 0. The van der Waals surface area contributed by atoms with Gasteiger partial charge in [0.25, 0.3) is 0 Å². The van der Waals surface area contributed by atoms with Crippen LogP contribution in [0, 0.1) is 0 Å². The van der Waals surface area contributed by atoms with E-state index in [1.54, 1.807) is 0 Å². The highest BCUT2D eigenvalue weighted by molar-refractivity contribution is 7.80. The van der Waals surface area contributed by atoms with Crippen molar-refractivity contribution in [1.82, 2.24) is 10.2 Å². The molecule has 31 heavy (non-hydrogen) atoms. The van der Waals surface area contributed by atoms with Crippen LogP contribution in [-0.2, 0) is 14.6 Å². The van der Waals surface area contributed by atoms with Crippen LogP contribution in [0.25, 0.3) is 0 Å². The highest BCUT2D eigenvalue weighted by atomic mass is 32.3. The highest BCUT2D eigenvalue weighted by Crippen LogP contribution is 2.13. The van der Waals surface area contributed by atoms with Gasteiger partial charge in [-0.15, -0.1) is 0 Å². The molecule has 2 N–H and O–H groups in total. The molecule has 0 rings (SSSR count). The number of nitrogens with one attached hydrogen (secondary N) is 1. The third-order valence-corrected chi connectivity index (χ3v) is 5.74. The molecule has 0 heterocycles. The molecule has 190 valence electrons. The van der Waals surface area contributed by atoms with Gasteiger partial charge in [-0.1, -0.05) is 103 Å². The largest absolute Gasteiger partial charge is 0.397 e. The Morgan fingerprint density at radius 3 is 1.35 bits per heavy atom. The van der Waals surface area contributed by atoms with Crippen molar-refractivity contribution in [3.05, 3.63) is 0 Å². The van der Waals surface area contributed by atoms with Gasteiger partial charge in [-0.3, -0.25) is 4.55 Å². The summed E-state index contributed by atoms with van der Waals surface area (Å²) in [7, 11) is 0.0963. The second-order valence-corrected chi connectivity index (χ2v) is 9.78. The van der Waals surface area contributed by atoms with E-state index in [0.717, 1.165) is 13.1 Å². The lowest BCUT2D eigenvalue weighted by Gasteiger charge is -2.10. The van der Waals surface area contributed by atoms with Gasteiger partial charge in [0.1, 0.15) is 0 Å². The molecule has 0 fully saturated rings. The lowest BCUT2D eigenvalue weighted by molar-refractivity contribution is 0.283. The molecule has 7 heteroatoms. The molecule has 0 aromatic carbocycles. The zero-order chi connectivity index (χ0) is 23.6. The van der Waals surface area contributed by atoms with E-state index in [1.165, 1.54) is 116 Å². The highest BCUT2D eigenvalue weighted by Gasteiger charge is 1.98. The van der Waals surface area contributed by atoms with Crippen LogP contribution in [0.15, 0.2) is 0 Å². The van der Waals surface area contributed by atoms with Gasteiger partial charge < -0.3 is 10.2 Å². The number of hydrogen-bond donors (Lipinski definition) is 2. The maximum absolute atomic E-state index is 9.56. The Morgan fingerprint density at radius 2 is 1.06 bits per heavy atom. The Morgan fingerprint density at radius 1 is 0.677 bits per heavy atom. The van der Waals surface area contributed by atoms with E-state index in [0.29, 0.717) is 0 Å². The van der Waals surface area contributed by atoms with Crippen molar-refractivity contribution in [3.63, 3.8) is 0 Å². The van der Waals surface area contributed by atoms with E-state index in [1.807, 2.05) is 0 Å². The lowest BCUT2D eigenvalue weighted by atomic mass is 10.0. The van der Waals surface area contributed by atoms with Gasteiger partial charge in [-0.25, -0.2) is 4.18 Å². The van der Waals surface area contributed by atoms with E-state index in [-0.39, 0.29) is 6.61 Å². The molecule has 0 aromatic rings. The van der Waals surface area contributed by atoms with Gasteiger partial charge >= 0.3 is 10.4 Å². The van der Waals surface area contributed by atoms with Gasteiger partial charge in [-0.2, -0.15) is 8.42 Å². The number of likely N-dealkylation sites (N-methyl/N-ethyl adjacent to an activating group) is 1. The fourth-order valence-electron chi connectivity index (χ4n) is 3.37. The minimum Gasteiger partial charge on any atom is -0.315 e. The SMILES string of the molecule is CCCCCCCCCCCCCCCCCCNCCN(C)C.CCOS(=O)(=O)O. The van der Waals surface area contributed by atoms with Crippen molar-refractivity contribution in [2.75, 3.05) is 40.3 Å². The monoisotopic (exact) mass is 466 g/mol. The Labute approximate surface area is 194 Å². The predicted octanol–water partition coefficient (Wildman–Crippen LogP) is 6.22. The van der Waals surface area contributed by atoms with Crippen LogP contribution in [0.1, 0.15) is 117 Å². The van der Waals surface area contributed by atoms with Crippen LogP contribution < -0.4 is 5.32 Å². The third-order valence-electron chi connectivity index (χ3n) is 5.21. The van der Waals surface area contributed by atoms with E-state index in [2.05, 4.69) is 35.4 Å². The summed E-state index contributed by atoms with van der Waals surface area (Å²) in [5, 5.41) is 3.52. The summed E-state index contributed by atoms with van der Waals surface area (Å²) >= 11 is 0. The summed E-state index contributed by atoms with van der Waals surface area (Å²) in [5.41, 5.74) is 0. The Kier molecular flexibility index (Phi) is 27.7. The Balaban J connectivity index is 0. The van der Waals surface area contributed by atoms with E-state index < -0.39 is 10.4 Å². The number of unbranched alkanes of at least 4 members (excludes halogenated alkanes) is 15. The van der Waals surface area contributed by atoms with Crippen molar-refractivity contribution in [3.8, 4) is 0 Å². The summed E-state index contributed by atoms with van der Waals surface area (Å²) in [6.45, 7) is 7.22. The summed E-state index contributed by atoms with van der Waals surface area (Å²) in [6.07, 6.45) is 23.2. The lowest BCUT2D eigenvalue weighted by Crippen LogP contribution is -2.27. The molecule has 0 unspecified atom stereocenters. The van der Waals surface area contributed by atoms with Crippen molar-refractivity contribution in [1.29, 1.82) is 0 Å². The first kappa shape index (κ1) is 33.0. The summed E-state index contributed by atoms with van der Waals surface area (Å²) in [4.78, 5) is 2.24. The maximum Gasteiger partial charge on any atom is 0.397 e. The van der Waals surface area contributed by atoms with Gasteiger partial charge in [-0.05, 0) is 34.0 Å². The summed E-state index contributed by atoms with van der Waals surface area (Å²) in [6, 6.07) is 0. The molecule has 0 saturated heterocycles.